The zero-order chi connectivity index (χ0) is 17.3. The third-order valence-electron chi connectivity index (χ3n) is 5.13. The predicted molar refractivity (Wildman–Crippen MR) is 101 cm³/mol. The third kappa shape index (κ3) is 3.92. The summed E-state index contributed by atoms with van der Waals surface area (Å²) in [6.07, 6.45) is 13.3. The fourth-order valence-electron chi connectivity index (χ4n) is 2.42. The predicted octanol–water partition coefficient (Wildman–Crippen LogP) is 4.69. The number of aliphatic hydroxyl groups is 1. The summed E-state index contributed by atoms with van der Waals surface area (Å²) in [6.45, 7) is 19.6. The normalized spacial score (nSPS) is 18.4. The Morgan fingerprint density at radius 1 is 1.10 bits per heavy atom. The van der Waals surface area contributed by atoms with E-state index in [-0.39, 0.29) is 10.6 Å². The Labute approximate surface area is 134 Å². The van der Waals surface area contributed by atoms with Crippen molar-refractivity contribution >= 4 is 16.1 Å². The molecule has 0 aliphatic heterocycles. The smallest absolute Gasteiger partial charge is 0.0883 e. The van der Waals surface area contributed by atoms with E-state index in [0.29, 0.717) is 0 Å². The second-order valence-corrected chi connectivity index (χ2v) is 19.4. The molecule has 0 aliphatic carbocycles. The molecular weight excluding hydrogens is 288 g/mol. The molecule has 0 aromatic rings. The summed E-state index contributed by atoms with van der Waals surface area (Å²) in [4.78, 5) is 0. The molecule has 0 radical (unpaired) electrons. The van der Waals surface area contributed by atoms with Crippen LogP contribution in [0.15, 0.2) is 11.6 Å². The molecule has 0 bridgehead atoms. The Balaban J connectivity index is 6.33. The summed E-state index contributed by atoms with van der Waals surface area (Å²) in [5, 5.41) is 10.7. The van der Waals surface area contributed by atoms with E-state index in [1.54, 1.807) is 0 Å². The highest BCUT2D eigenvalue weighted by molar-refractivity contribution is 6.87. The first-order valence-electron chi connectivity index (χ1n) is 7.49. The van der Waals surface area contributed by atoms with Crippen molar-refractivity contribution in [3.8, 4) is 24.7 Å². The molecule has 0 fully saturated rings. The monoisotopic (exact) mass is 320 g/mol. The standard InChI is InChI=1S/C18H32OSi2/c1-12-15(3)14-18(19,20(7,8)9)16(13-2)21(10,11)17(4,5)6/h1-2,14,16,19H,3-11H3/b15-14-. The molecule has 0 rings (SSSR count). The fourth-order valence-corrected chi connectivity index (χ4v) is 8.87. The molecule has 2 unspecified atom stereocenters. The van der Waals surface area contributed by atoms with Crippen LogP contribution in [0, 0.1) is 24.7 Å². The maximum Gasteiger partial charge on any atom is 0.0883 e. The van der Waals surface area contributed by atoms with Gasteiger partial charge in [-0.2, -0.15) is 0 Å². The average molecular weight is 321 g/mol. The molecule has 1 nitrogen and oxygen atoms in total. The lowest BCUT2D eigenvalue weighted by Gasteiger charge is -2.51. The van der Waals surface area contributed by atoms with Crippen molar-refractivity contribution in [3.05, 3.63) is 11.6 Å². The van der Waals surface area contributed by atoms with E-state index in [4.69, 9.17) is 12.8 Å². The molecule has 0 saturated carbocycles. The lowest BCUT2D eigenvalue weighted by Crippen LogP contribution is -2.61. The average Bonchev–Trinajstić information content (AvgIpc) is 2.26. The minimum atomic E-state index is -1.99. The first kappa shape index (κ1) is 20.3. The zero-order valence-corrected chi connectivity index (χ0v) is 17.3. The number of hydrogen-bond donors (Lipinski definition) is 1. The molecule has 21 heavy (non-hydrogen) atoms. The van der Waals surface area contributed by atoms with Crippen LogP contribution in [0.1, 0.15) is 27.7 Å². The first-order valence-corrected chi connectivity index (χ1v) is 14.1. The first-order chi connectivity index (χ1) is 9.15. The zero-order valence-electron chi connectivity index (χ0n) is 15.3. The molecule has 3 heteroatoms. The molecule has 1 N–H and O–H groups in total. The Morgan fingerprint density at radius 2 is 1.52 bits per heavy atom. The second kappa shape index (κ2) is 6.17. The van der Waals surface area contributed by atoms with Crippen molar-refractivity contribution in [3.63, 3.8) is 0 Å². The van der Waals surface area contributed by atoms with Crippen LogP contribution >= 0.6 is 0 Å². The van der Waals surface area contributed by atoms with E-state index in [2.05, 4.69) is 65.3 Å². The Kier molecular flexibility index (Phi) is 5.95. The number of terminal acetylenes is 2. The molecule has 0 aromatic carbocycles. The summed E-state index contributed by atoms with van der Waals surface area (Å²) < 4.78 is 0. The molecule has 2 atom stereocenters. The summed E-state index contributed by atoms with van der Waals surface area (Å²) in [7, 11) is -3.91. The SMILES string of the molecule is C#C/C(C)=C\C(O)(C(C#C)[Si](C)(C)C(C)(C)C)[Si](C)(C)C. The number of hydrogen-bond acceptors (Lipinski definition) is 1. The van der Waals surface area contributed by atoms with E-state index >= 15 is 0 Å². The van der Waals surface area contributed by atoms with Crippen LogP contribution in [-0.2, 0) is 0 Å². The lowest BCUT2D eigenvalue weighted by molar-refractivity contribution is 0.167. The van der Waals surface area contributed by atoms with Crippen molar-refractivity contribution in [2.45, 2.75) is 76.2 Å². The number of allylic oxidation sites excluding steroid dienone is 1. The van der Waals surface area contributed by atoms with Gasteiger partial charge in [0.15, 0.2) is 0 Å². The van der Waals surface area contributed by atoms with Gasteiger partial charge in [0.2, 0.25) is 0 Å². The molecule has 118 valence electrons. The Bertz CT molecular complexity index is 489. The van der Waals surface area contributed by atoms with E-state index in [0.717, 1.165) is 5.57 Å². The topological polar surface area (TPSA) is 20.2 Å². The summed E-state index contributed by atoms with van der Waals surface area (Å²) in [5.74, 6) is 5.59. The van der Waals surface area contributed by atoms with Gasteiger partial charge in [-0.3, -0.25) is 0 Å². The van der Waals surface area contributed by atoms with Gasteiger partial charge in [0, 0.05) is 5.54 Å². The van der Waals surface area contributed by atoms with Crippen LogP contribution in [0.2, 0.25) is 43.3 Å². The van der Waals surface area contributed by atoms with Gasteiger partial charge in [-0.1, -0.05) is 59.4 Å². The summed E-state index contributed by atoms with van der Waals surface area (Å²) >= 11 is 0. The van der Waals surface area contributed by atoms with Crippen LogP contribution in [0.5, 0.6) is 0 Å². The fraction of sp³-hybridized carbons (Fsp3) is 0.667. The van der Waals surface area contributed by atoms with Crippen LogP contribution in [-0.4, -0.2) is 26.5 Å². The summed E-state index contributed by atoms with van der Waals surface area (Å²) in [6, 6.07) is 0. The van der Waals surface area contributed by atoms with Crippen LogP contribution in [0.25, 0.3) is 0 Å². The maximum absolute atomic E-state index is 11.6. The Morgan fingerprint density at radius 3 is 1.76 bits per heavy atom. The van der Waals surface area contributed by atoms with Gasteiger partial charge in [-0.15, -0.1) is 18.8 Å². The van der Waals surface area contributed by atoms with Gasteiger partial charge in [-0.05, 0) is 23.6 Å². The van der Waals surface area contributed by atoms with Gasteiger partial charge in [-0.25, -0.2) is 0 Å². The van der Waals surface area contributed by atoms with Gasteiger partial charge in [0.05, 0.1) is 21.4 Å². The van der Waals surface area contributed by atoms with Crippen LogP contribution in [0.3, 0.4) is 0 Å². The minimum Gasteiger partial charge on any atom is -0.388 e. The van der Waals surface area contributed by atoms with Crippen molar-refractivity contribution < 1.29 is 5.11 Å². The quantitative estimate of drug-likeness (QED) is 0.589. The third-order valence-corrected chi connectivity index (χ3v) is 14.2. The lowest BCUT2D eigenvalue weighted by atomic mass is 10.1. The van der Waals surface area contributed by atoms with Gasteiger partial charge in [0.25, 0.3) is 0 Å². The van der Waals surface area contributed by atoms with Crippen LogP contribution < -0.4 is 0 Å². The molecule has 0 spiro atoms. The molecule has 0 aromatic heterocycles. The molecular formula is C18H32OSi2. The minimum absolute atomic E-state index is 0.107. The number of rotatable bonds is 4. The Hall–Kier alpha value is -0.746. The van der Waals surface area contributed by atoms with E-state index in [1.807, 2.05) is 13.0 Å². The highest BCUT2D eigenvalue weighted by atomic mass is 28.3. The van der Waals surface area contributed by atoms with Gasteiger partial charge < -0.3 is 5.11 Å². The van der Waals surface area contributed by atoms with Crippen LogP contribution in [0.4, 0.5) is 0 Å². The second-order valence-electron chi connectivity index (χ2n) is 8.62. The maximum atomic E-state index is 11.6. The molecule has 0 saturated heterocycles. The van der Waals surface area contributed by atoms with Crippen molar-refractivity contribution in [2.24, 2.45) is 0 Å². The van der Waals surface area contributed by atoms with E-state index < -0.39 is 21.4 Å². The van der Waals surface area contributed by atoms with Crippen molar-refractivity contribution in [1.82, 2.24) is 0 Å². The van der Waals surface area contributed by atoms with Gasteiger partial charge >= 0.3 is 0 Å². The molecule has 0 amide bonds. The van der Waals surface area contributed by atoms with E-state index in [9.17, 15) is 5.11 Å². The van der Waals surface area contributed by atoms with Crippen molar-refractivity contribution in [1.29, 1.82) is 0 Å². The molecule has 0 heterocycles. The van der Waals surface area contributed by atoms with E-state index in [1.165, 1.54) is 0 Å². The highest BCUT2D eigenvalue weighted by Crippen LogP contribution is 2.50. The highest BCUT2D eigenvalue weighted by Gasteiger charge is 2.55. The van der Waals surface area contributed by atoms with Crippen molar-refractivity contribution in [2.75, 3.05) is 0 Å². The molecule has 0 aliphatic rings. The largest absolute Gasteiger partial charge is 0.388 e. The van der Waals surface area contributed by atoms with Gasteiger partial charge in [0.1, 0.15) is 0 Å². The summed E-state index contributed by atoms with van der Waals surface area (Å²) in [5.41, 5.74) is 0.610.